The third-order valence-electron chi connectivity index (χ3n) is 5.67. The van der Waals surface area contributed by atoms with Crippen LogP contribution < -0.4 is 14.8 Å². The van der Waals surface area contributed by atoms with Gasteiger partial charge < -0.3 is 25.0 Å². The fourth-order valence-corrected chi connectivity index (χ4v) is 4.96. The molecule has 34 heavy (non-hydrogen) atoms. The minimum atomic E-state index is -0.930. The van der Waals surface area contributed by atoms with Gasteiger partial charge in [0.05, 0.1) is 5.69 Å². The standard InChI is InChI=1S/C26H30N2O5S/c1-16(2)23-24(26(30)31)34-25(28-23)18-9-11-22-17(12-18)8-10-21(33-22)14-27-13-19(29)15-32-20-6-4-3-5-7-20/h3-7,9,11-12,16,19,21,27,29H,8,10,13-15H2,1-2H3,(H,30,31)/t19-,21+/m0/s1. The Balaban J connectivity index is 1.30. The normalized spacial score (nSPS) is 16.1. The number of ether oxygens (including phenoxy) is 2. The summed E-state index contributed by atoms with van der Waals surface area (Å²) in [7, 11) is 0. The van der Waals surface area contributed by atoms with E-state index in [-0.39, 0.29) is 18.6 Å². The Morgan fingerprint density at radius 3 is 2.76 bits per heavy atom. The highest BCUT2D eigenvalue weighted by Gasteiger charge is 2.23. The summed E-state index contributed by atoms with van der Waals surface area (Å²) in [5.41, 5.74) is 2.65. The number of para-hydroxylation sites is 1. The monoisotopic (exact) mass is 482 g/mol. The molecule has 8 heteroatoms. The topological polar surface area (TPSA) is 101 Å². The molecule has 3 N–H and O–H groups in total. The van der Waals surface area contributed by atoms with Gasteiger partial charge in [-0.15, -0.1) is 11.3 Å². The van der Waals surface area contributed by atoms with Gasteiger partial charge in [-0.1, -0.05) is 32.0 Å². The zero-order chi connectivity index (χ0) is 24.1. The van der Waals surface area contributed by atoms with Gasteiger partial charge in [0.1, 0.15) is 40.2 Å². The predicted octanol–water partition coefficient (Wildman–Crippen LogP) is 4.35. The second-order valence-electron chi connectivity index (χ2n) is 8.73. The number of carbonyl (C=O) groups is 1. The summed E-state index contributed by atoms with van der Waals surface area (Å²) in [4.78, 5) is 16.5. The number of hydrogen-bond donors (Lipinski definition) is 3. The highest BCUT2D eigenvalue weighted by atomic mass is 32.1. The zero-order valence-corrected chi connectivity index (χ0v) is 20.2. The summed E-state index contributed by atoms with van der Waals surface area (Å²) in [5, 5.41) is 23.7. The summed E-state index contributed by atoms with van der Waals surface area (Å²) in [5.74, 6) is 0.703. The number of aromatic carboxylic acids is 1. The number of aryl methyl sites for hydroxylation is 1. The number of carboxylic acid groups (broad SMARTS) is 1. The van der Waals surface area contributed by atoms with Crippen LogP contribution in [-0.4, -0.2) is 53.1 Å². The Kier molecular flexibility index (Phi) is 7.82. The van der Waals surface area contributed by atoms with Crippen LogP contribution in [-0.2, 0) is 6.42 Å². The highest BCUT2D eigenvalue weighted by molar-refractivity contribution is 7.17. The van der Waals surface area contributed by atoms with E-state index in [9.17, 15) is 15.0 Å². The van der Waals surface area contributed by atoms with E-state index in [1.165, 1.54) is 11.3 Å². The molecule has 2 aromatic carbocycles. The number of thiazole rings is 1. The number of aliphatic hydroxyl groups excluding tert-OH is 1. The van der Waals surface area contributed by atoms with E-state index in [1.807, 2.05) is 56.3 Å². The Morgan fingerprint density at radius 1 is 1.26 bits per heavy atom. The van der Waals surface area contributed by atoms with Crippen molar-refractivity contribution in [2.45, 2.75) is 44.8 Å². The molecule has 2 heterocycles. The van der Waals surface area contributed by atoms with Gasteiger partial charge in [-0.2, -0.15) is 0 Å². The first-order valence-corrected chi connectivity index (χ1v) is 12.3. The van der Waals surface area contributed by atoms with Crippen LogP contribution in [0.3, 0.4) is 0 Å². The Morgan fingerprint density at radius 2 is 2.06 bits per heavy atom. The lowest BCUT2D eigenvalue weighted by Gasteiger charge is -2.27. The van der Waals surface area contributed by atoms with Crippen molar-refractivity contribution in [1.82, 2.24) is 10.3 Å². The van der Waals surface area contributed by atoms with E-state index in [0.717, 1.165) is 40.5 Å². The quantitative estimate of drug-likeness (QED) is 0.395. The van der Waals surface area contributed by atoms with Crippen LogP contribution in [0.15, 0.2) is 48.5 Å². The lowest BCUT2D eigenvalue weighted by Crippen LogP contribution is -2.39. The number of nitrogens with zero attached hydrogens (tertiary/aromatic N) is 1. The van der Waals surface area contributed by atoms with Crippen molar-refractivity contribution in [2.24, 2.45) is 0 Å². The zero-order valence-electron chi connectivity index (χ0n) is 19.4. The Bertz CT molecular complexity index is 1120. The van der Waals surface area contributed by atoms with E-state index >= 15 is 0 Å². The van der Waals surface area contributed by atoms with E-state index in [2.05, 4.69) is 16.4 Å². The van der Waals surface area contributed by atoms with Gasteiger partial charge in [0.15, 0.2) is 0 Å². The van der Waals surface area contributed by atoms with Crippen molar-refractivity contribution >= 4 is 17.3 Å². The average molecular weight is 483 g/mol. The number of rotatable bonds is 10. The van der Waals surface area contributed by atoms with Gasteiger partial charge in [0.25, 0.3) is 0 Å². The maximum atomic E-state index is 11.6. The molecular formula is C26H30N2O5S. The van der Waals surface area contributed by atoms with Crippen LogP contribution in [0.25, 0.3) is 10.6 Å². The molecule has 0 saturated carbocycles. The number of aliphatic hydroxyl groups is 1. The summed E-state index contributed by atoms with van der Waals surface area (Å²) < 4.78 is 11.7. The van der Waals surface area contributed by atoms with Gasteiger partial charge in [-0.05, 0) is 54.7 Å². The molecule has 0 spiro atoms. The number of aromatic nitrogens is 1. The molecule has 4 rings (SSSR count). The van der Waals surface area contributed by atoms with Gasteiger partial charge in [0, 0.05) is 18.7 Å². The fraction of sp³-hybridized carbons (Fsp3) is 0.385. The van der Waals surface area contributed by atoms with E-state index < -0.39 is 12.1 Å². The van der Waals surface area contributed by atoms with Crippen LogP contribution in [0.5, 0.6) is 11.5 Å². The van der Waals surface area contributed by atoms with Crippen molar-refractivity contribution in [3.05, 3.63) is 64.7 Å². The SMILES string of the molecule is CC(C)c1nc(-c2ccc3c(c2)CC[C@H](CNC[C@H](O)COc2ccccc2)O3)sc1C(=O)O. The molecule has 0 aliphatic carbocycles. The van der Waals surface area contributed by atoms with Crippen molar-refractivity contribution in [2.75, 3.05) is 19.7 Å². The largest absolute Gasteiger partial charge is 0.491 e. The second kappa shape index (κ2) is 11.0. The summed E-state index contributed by atoms with van der Waals surface area (Å²) in [6.07, 6.45) is 1.13. The van der Waals surface area contributed by atoms with E-state index in [1.54, 1.807) is 0 Å². The van der Waals surface area contributed by atoms with Crippen molar-refractivity contribution in [3.8, 4) is 22.1 Å². The van der Waals surface area contributed by atoms with Crippen LogP contribution in [0, 0.1) is 0 Å². The lowest BCUT2D eigenvalue weighted by atomic mass is 10.00. The average Bonchev–Trinajstić information content (AvgIpc) is 3.29. The Hall–Kier alpha value is -2.94. The van der Waals surface area contributed by atoms with Crippen LogP contribution in [0.1, 0.15) is 47.1 Å². The molecule has 180 valence electrons. The first kappa shape index (κ1) is 24.2. The van der Waals surface area contributed by atoms with Crippen molar-refractivity contribution in [1.29, 1.82) is 0 Å². The highest BCUT2D eigenvalue weighted by Crippen LogP contribution is 2.36. The molecule has 0 fully saturated rings. The molecule has 1 aromatic heterocycles. The molecule has 0 bridgehead atoms. The van der Waals surface area contributed by atoms with Crippen LogP contribution in [0.2, 0.25) is 0 Å². The van der Waals surface area contributed by atoms with Gasteiger partial charge in [-0.3, -0.25) is 0 Å². The lowest BCUT2D eigenvalue weighted by molar-refractivity contribution is 0.0700. The molecule has 0 radical (unpaired) electrons. The van der Waals surface area contributed by atoms with Gasteiger partial charge >= 0.3 is 5.97 Å². The van der Waals surface area contributed by atoms with Gasteiger partial charge in [-0.25, -0.2) is 9.78 Å². The molecule has 2 atom stereocenters. The summed E-state index contributed by atoms with van der Waals surface area (Å²) >= 11 is 1.22. The molecular weight excluding hydrogens is 452 g/mol. The molecule has 7 nitrogen and oxygen atoms in total. The maximum absolute atomic E-state index is 11.6. The maximum Gasteiger partial charge on any atom is 0.347 e. The van der Waals surface area contributed by atoms with E-state index in [0.29, 0.717) is 23.7 Å². The van der Waals surface area contributed by atoms with Crippen molar-refractivity contribution in [3.63, 3.8) is 0 Å². The molecule has 0 amide bonds. The minimum Gasteiger partial charge on any atom is -0.491 e. The fourth-order valence-electron chi connectivity index (χ4n) is 3.90. The Labute approximate surface area is 203 Å². The van der Waals surface area contributed by atoms with Crippen molar-refractivity contribution < 1.29 is 24.5 Å². The first-order valence-electron chi connectivity index (χ1n) is 11.5. The number of hydrogen-bond acceptors (Lipinski definition) is 7. The predicted molar refractivity (Wildman–Crippen MR) is 132 cm³/mol. The summed E-state index contributed by atoms with van der Waals surface area (Å²) in [6.45, 7) is 5.19. The second-order valence-corrected chi connectivity index (χ2v) is 9.73. The van der Waals surface area contributed by atoms with Crippen LogP contribution in [0.4, 0.5) is 0 Å². The minimum absolute atomic E-state index is 0.0200. The summed E-state index contributed by atoms with van der Waals surface area (Å²) in [6, 6.07) is 15.4. The third kappa shape index (κ3) is 5.94. The van der Waals surface area contributed by atoms with E-state index in [4.69, 9.17) is 9.47 Å². The van der Waals surface area contributed by atoms with Gasteiger partial charge in [0.2, 0.25) is 0 Å². The van der Waals surface area contributed by atoms with Crippen LogP contribution >= 0.6 is 11.3 Å². The third-order valence-corrected chi connectivity index (χ3v) is 6.78. The molecule has 1 aliphatic heterocycles. The number of carboxylic acids is 1. The first-order chi connectivity index (χ1) is 16.4. The number of fused-ring (bicyclic) bond motifs is 1. The smallest absolute Gasteiger partial charge is 0.347 e. The molecule has 0 saturated heterocycles. The number of nitrogens with one attached hydrogen (secondary N) is 1. The molecule has 3 aromatic rings. The molecule has 1 aliphatic rings. The molecule has 0 unspecified atom stereocenters. The number of benzene rings is 2.